The molecule has 5 nitrogen and oxygen atoms in total. The van der Waals surface area contributed by atoms with Gasteiger partial charge < -0.3 is 15.2 Å². The van der Waals surface area contributed by atoms with Gasteiger partial charge in [0.15, 0.2) is 0 Å². The summed E-state index contributed by atoms with van der Waals surface area (Å²) in [6.45, 7) is 2.46. The molecule has 0 fully saturated rings. The largest absolute Gasteiger partial charge is 0.473 e. The summed E-state index contributed by atoms with van der Waals surface area (Å²) < 4.78 is 5.63. The van der Waals surface area contributed by atoms with Gasteiger partial charge >= 0.3 is 0 Å². The number of rotatable bonds is 8. The average Bonchev–Trinajstić information content (AvgIpc) is 2.59. The lowest BCUT2D eigenvalue weighted by Crippen LogP contribution is -2.32. The van der Waals surface area contributed by atoms with Gasteiger partial charge in [-0.1, -0.05) is 30.3 Å². The molecule has 0 aliphatic heterocycles. The Morgan fingerprint density at radius 2 is 2.09 bits per heavy atom. The van der Waals surface area contributed by atoms with E-state index in [1.807, 2.05) is 37.3 Å². The minimum atomic E-state index is -0.164. The molecule has 0 spiro atoms. The molecular weight excluding hydrogens is 292 g/mol. The Labute approximate surface area is 136 Å². The second-order valence-electron chi connectivity index (χ2n) is 5.40. The summed E-state index contributed by atoms with van der Waals surface area (Å²) in [5.74, 6) is 0.256. The zero-order valence-electron chi connectivity index (χ0n) is 13.2. The number of amides is 1. The molecule has 0 saturated heterocycles. The van der Waals surface area contributed by atoms with Gasteiger partial charge in [-0.15, -0.1) is 0 Å². The molecule has 1 amide bonds. The molecule has 0 aliphatic carbocycles. The molecule has 0 saturated carbocycles. The second-order valence-corrected chi connectivity index (χ2v) is 5.40. The minimum absolute atomic E-state index is 0.0107. The molecule has 122 valence electrons. The number of ether oxygens (including phenoxy) is 1. The fraction of sp³-hybridized carbons (Fsp3) is 0.333. The van der Waals surface area contributed by atoms with Crippen molar-refractivity contribution in [3.8, 4) is 5.88 Å². The van der Waals surface area contributed by atoms with Crippen molar-refractivity contribution in [2.75, 3.05) is 6.61 Å². The fourth-order valence-corrected chi connectivity index (χ4v) is 2.14. The molecular formula is C18H22N2O3. The number of nitrogens with zero attached hydrogens (tertiary/aromatic N) is 1. The third-order valence-corrected chi connectivity index (χ3v) is 3.40. The van der Waals surface area contributed by atoms with Gasteiger partial charge in [-0.3, -0.25) is 4.79 Å². The normalized spacial score (nSPS) is 11.7. The highest BCUT2D eigenvalue weighted by atomic mass is 16.5. The molecule has 2 N–H and O–H groups in total. The Morgan fingerprint density at radius 1 is 1.30 bits per heavy atom. The first-order valence-electron chi connectivity index (χ1n) is 7.73. The average molecular weight is 314 g/mol. The number of benzene rings is 1. The van der Waals surface area contributed by atoms with Crippen LogP contribution in [-0.4, -0.2) is 28.6 Å². The Morgan fingerprint density at radius 3 is 2.83 bits per heavy atom. The van der Waals surface area contributed by atoms with Crippen LogP contribution in [-0.2, 0) is 6.61 Å². The molecule has 5 heteroatoms. The van der Waals surface area contributed by atoms with Crippen LogP contribution in [0.5, 0.6) is 5.88 Å². The molecule has 2 aromatic rings. The summed E-state index contributed by atoms with van der Waals surface area (Å²) in [6, 6.07) is 13.1. The van der Waals surface area contributed by atoms with Crippen LogP contribution >= 0.6 is 0 Å². The van der Waals surface area contributed by atoms with E-state index in [9.17, 15) is 4.79 Å². The SMILES string of the molecule is CC(CCCO)NC(=O)c1ccnc(OCc2ccccc2)c1. The van der Waals surface area contributed by atoms with Crippen LogP contribution in [0.1, 0.15) is 35.7 Å². The predicted octanol–water partition coefficient (Wildman–Crippen LogP) is 2.55. The van der Waals surface area contributed by atoms with Crippen molar-refractivity contribution < 1.29 is 14.6 Å². The van der Waals surface area contributed by atoms with E-state index in [1.165, 1.54) is 0 Å². The molecule has 0 bridgehead atoms. The highest BCUT2D eigenvalue weighted by Crippen LogP contribution is 2.12. The Kier molecular flexibility index (Phi) is 6.56. The Bertz CT molecular complexity index is 617. The summed E-state index contributed by atoms with van der Waals surface area (Å²) in [5.41, 5.74) is 1.56. The van der Waals surface area contributed by atoms with Crippen molar-refractivity contribution in [2.45, 2.75) is 32.4 Å². The van der Waals surface area contributed by atoms with Gasteiger partial charge in [0.25, 0.3) is 5.91 Å². The van der Waals surface area contributed by atoms with Gasteiger partial charge in [0.1, 0.15) is 6.61 Å². The van der Waals surface area contributed by atoms with Gasteiger partial charge in [-0.2, -0.15) is 0 Å². The Balaban J connectivity index is 1.92. The highest BCUT2D eigenvalue weighted by Gasteiger charge is 2.11. The monoisotopic (exact) mass is 314 g/mol. The molecule has 1 aromatic carbocycles. The summed E-state index contributed by atoms with van der Waals surface area (Å²) in [5, 5.41) is 11.7. The van der Waals surface area contributed by atoms with Gasteiger partial charge in [-0.25, -0.2) is 4.98 Å². The van der Waals surface area contributed by atoms with Gasteiger partial charge in [-0.05, 0) is 31.4 Å². The molecule has 1 atom stereocenters. The maximum atomic E-state index is 12.2. The van der Waals surface area contributed by atoms with E-state index in [1.54, 1.807) is 18.3 Å². The molecule has 1 heterocycles. The van der Waals surface area contributed by atoms with E-state index >= 15 is 0 Å². The third kappa shape index (κ3) is 5.71. The molecule has 1 aromatic heterocycles. The number of aliphatic hydroxyl groups is 1. The highest BCUT2D eigenvalue weighted by molar-refractivity contribution is 5.94. The number of carbonyl (C=O) groups excluding carboxylic acids is 1. The van der Waals surface area contributed by atoms with Crippen molar-refractivity contribution in [2.24, 2.45) is 0 Å². The molecule has 0 radical (unpaired) electrons. The van der Waals surface area contributed by atoms with E-state index in [2.05, 4.69) is 10.3 Å². The van der Waals surface area contributed by atoms with E-state index in [0.717, 1.165) is 12.0 Å². The summed E-state index contributed by atoms with van der Waals surface area (Å²) in [7, 11) is 0. The van der Waals surface area contributed by atoms with Gasteiger partial charge in [0.2, 0.25) is 5.88 Å². The number of hydrogen-bond acceptors (Lipinski definition) is 4. The number of aromatic nitrogens is 1. The van der Waals surface area contributed by atoms with E-state index in [0.29, 0.717) is 24.5 Å². The predicted molar refractivity (Wildman–Crippen MR) is 88.3 cm³/mol. The lowest BCUT2D eigenvalue weighted by molar-refractivity contribution is 0.0935. The van der Waals surface area contributed by atoms with Crippen LogP contribution in [0.2, 0.25) is 0 Å². The summed E-state index contributed by atoms with van der Waals surface area (Å²) >= 11 is 0. The topological polar surface area (TPSA) is 71.5 Å². The standard InChI is InChI=1S/C18H22N2O3/c1-14(6-5-11-21)20-18(22)16-9-10-19-17(12-16)23-13-15-7-3-2-4-8-15/h2-4,7-10,12,14,21H,5-6,11,13H2,1H3,(H,20,22). The first kappa shape index (κ1) is 17.0. The van der Waals surface area contributed by atoms with E-state index < -0.39 is 0 Å². The fourth-order valence-electron chi connectivity index (χ4n) is 2.14. The van der Waals surface area contributed by atoms with Crippen LogP contribution in [0.3, 0.4) is 0 Å². The number of aliphatic hydroxyl groups excluding tert-OH is 1. The van der Waals surface area contributed by atoms with Crippen molar-refractivity contribution in [3.05, 3.63) is 59.8 Å². The third-order valence-electron chi connectivity index (χ3n) is 3.40. The van der Waals surface area contributed by atoms with Crippen LogP contribution < -0.4 is 10.1 Å². The summed E-state index contributed by atoms with van der Waals surface area (Å²) in [6.07, 6.45) is 2.97. The lowest BCUT2D eigenvalue weighted by atomic mass is 10.1. The van der Waals surface area contributed by atoms with Crippen LogP contribution in [0.4, 0.5) is 0 Å². The molecule has 0 aliphatic rings. The number of nitrogens with one attached hydrogen (secondary N) is 1. The maximum Gasteiger partial charge on any atom is 0.251 e. The molecule has 1 unspecified atom stereocenters. The Hall–Kier alpha value is -2.40. The number of carbonyl (C=O) groups is 1. The van der Waals surface area contributed by atoms with Gasteiger partial charge in [0, 0.05) is 30.5 Å². The van der Waals surface area contributed by atoms with E-state index in [-0.39, 0.29) is 18.6 Å². The first-order chi connectivity index (χ1) is 11.2. The van der Waals surface area contributed by atoms with Crippen molar-refractivity contribution in [1.29, 1.82) is 0 Å². The minimum Gasteiger partial charge on any atom is -0.473 e. The zero-order valence-corrected chi connectivity index (χ0v) is 13.2. The zero-order chi connectivity index (χ0) is 16.5. The van der Waals surface area contributed by atoms with Crippen molar-refractivity contribution in [3.63, 3.8) is 0 Å². The van der Waals surface area contributed by atoms with Crippen LogP contribution in [0, 0.1) is 0 Å². The summed E-state index contributed by atoms with van der Waals surface area (Å²) in [4.78, 5) is 16.3. The van der Waals surface area contributed by atoms with Crippen molar-refractivity contribution >= 4 is 5.91 Å². The van der Waals surface area contributed by atoms with Crippen LogP contribution in [0.25, 0.3) is 0 Å². The first-order valence-corrected chi connectivity index (χ1v) is 7.73. The second kappa shape index (κ2) is 8.90. The lowest BCUT2D eigenvalue weighted by Gasteiger charge is -2.13. The number of pyridine rings is 1. The number of hydrogen-bond donors (Lipinski definition) is 2. The maximum absolute atomic E-state index is 12.2. The molecule has 2 rings (SSSR count). The van der Waals surface area contributed by atoms with Crippen LogP contribution in [0.15, 0.2) is 48.7 Å². The van der Waals surface area contributed by atoms with Crippen molar-refractivity contribution in [1.82, 2.24) is 10.3 Å². The molecule has 23 heavy (non-hydrogen) atoms. The quantitative estimate of drug-likeness (QED) is 0.785. The smallest absolute Gasteiger partial charge is 0.251 e. The van der Waals surface area contributed by atoms with E-state index in [4.69, 9.17) is 9.84 Å². The van der Waals surface area contributed by atoms with Gasteiger partial charge in [0.05, 0.1) is 0 Å².